The molecule has 30 heavy (non-hydrogen) atoms. The lowest BCUT2D eigenvalue weighted by Gasteiger charge is -2.31. The van der Waals surface area contributed by atoms with Crippen LogP contribution < -0.4 is 10.1 Å². The molecule has 0 aliphatic carbocycles. The number of pyridine rings is 2. The highest BCUT2D eigenvalue weighted by atomic mass is 19.1. The molecule has 7 heteroatoms. The number of aromatic nitrogens is 2. The molecule has 1 amide bonds. The third-order valence-electron chi connectivity index (χ3n) is 5.59. The lowest BCUT2D eigenvalue weighted by atomic mass is 9.95. The molecule has 156 valence electrons. The van der Waals surface area contributed by atoms with E-state index in [1.54, 1.807) is 37.6 Å². The van der Waals surface area contributed by atoms with Crippen molar-refractivity contribution in [3.63, 3.8) is 0 Å². The number of fused-ring (bicyclic) bond motifs is 1. The second-order valence-corrected chi connectivity index (χ2v) is 7.56. The van der Waals surface area contributed by atoms with E-state index in [2.05, 4.69) is 20.2 Å². The minimum Gasteiger partial charge on any atom is -0.481 e. The minimum absolute atomic E-state index is 0.0110. The molecule has 0 unspecified atom stereocenters. The zero-order chi connectivity index (χ0) is 20.9. The molecule has 1 aliphatic heterocycles. The first-order chi connectivity index (χ1) is 14.6. The van der Waals surface area contributed by atoms with Crippen LogP contribution >= 0.6 is 0 Å². The Morgan fingerprint density at radius 1 is 1.23 bits per heavy atom. The number of nitrogens with zero attached hydrogens (tertiary/aromatic N) is 3. The number of likely N-dealkylation sites (tertiary alicyclic amines) is 1. The zero-order valence-corrected chi connectivity index (χ0v) is 17.0. The summed E-state index contributed by atoms with van der Waals surface area (Å²) in [6, 6.07) is 12.1. The second kappa shape index (κ2) is 9.17. The molecule has 4 rings (SSSR count). The van der Waals surface area contributed by atoms with E-state index in [1.165, 1.54) is 6.07 Å². The van der Waals surface area contributed by atoms with Crippen molar-refractivity contribution >= 4 is 22.6 Å². The lowest BCUT2D eigenvalue weighted by molar-refractivity contribution is -0.121. The molecule has 0 spiro atoms. The van der Waals surface area contributed by atoms with Gasteiger partial charge in [0.2, 0.25) is 11.8 Å². The molecule has 1 fully saturated rings. The van der Waals surface area contributed by atoms with E-state index in [1.807, 2.05) is 12.1 Å². The SMILES string of the molecule is COc1ccc2nccc(NC(=O)C3CCN(CCc4cccc(F)c4)CC3)c2n1. The Labute approximate surface area is 175 Å². The number of hydrogen-bond donors (Lipinski definition) is 1. The van der Waals surface area contributed by atoms with Crippen LogP contribution in [0.1, 0.15) is 18.4 Å². The average molecular weight is 408 g/mol. The summed E-state index contributed by atoms with van der Waals surface area (Å²) in [6.45, 7) is 2.59. The number of halogens is 1. The van der Waals surface area contributed by atoms with Gasteiger partial charge in [0.15, 0.2) is 0 Å². The van der Waals surface area contributed by atoms with Crippen molar-refractivity contribution in [3.8, 4) is 5.88 Å². The summed E-state index contributed by atoms with van der Waals surface area (Å²) in [6.07, 6.45) is 4.08. The van der Waals surface area contributed by atoms with Crippen molar-refractivity contribution in [2.45, 2.75) is 19.3 Å². The summed E-state index contributed by atoms with van der Waals surface area (Å²) < 4.78 is 18.5. The molecule has 1 saturated heterocycles. The summed E-state index contributed by atoms with van der Waals surface area (Å²) in [4.78, 5) is 23.9. The van der Waals surface area contributed by atoms with E-state index in [0.717, 1.165) is 44.5 Å². The van der Waals surface area contributed by atoms with Crippen LogP contribution in [0, 0.1) is 11.7 Å². The molecule has 0 radical (unpaired) electrons. The van der Waals surface area contributed by atoms with Gasteiger partial charge in [0, 0.05) is 24.7 Å². The molecular weight excluding hydrogens is 383 g/mol. The molecule has 1 aromatic carbocycles. The van der Waals surface area contributed by atoms with E-state index >= 15 is 0 Å². The van der Waals surface area contributed by atoms with Crippen LogP contribution in [0.3, 0.4) is 0 Å². The monoisotopic (exact) mass is 408 g/mol. The number of amides is 1. The maximum Gasteiger partial charge on any atom is 0.227 e. The van der Waals surface area contributed by atoms with Gasteiger partial charge in [-0.2, -0.15) is 0 Å². The maximum atomic E-state index is 13.3. The fourth-order valence-corrected chi connectivity index (χ4v) is 3.86. The molecule has 6 nitrogen and oxygen atoms in total. The van der Waals surface area contributed by atoms with Gasteiger partial charge in [-0.3, -0.25) is 9.78 Å². The molecule has 0 bridgehead atoms. The number of nitrogens with one attached hydrogen (secondary N) is 1. The normalized spacial score (nSPS) is 15.3. The fourth-order valence-electron chi connectivity index (χ4n) is 3.86. The highest BCUT2D eigenvalue weighted by molar-refractivity contribution is 6.00. The molecule has 0 saturated carbocycles. The van der Waals surface area contributed by atoms with Gasteiger partial charge in [0.05, 0.1) is 18.3 Å². The van der Waals surface area contributed by atoms with Crippen LogP contribution in [0.25, 0.3) is 11.0 Å². The molecule has 1 N–H and O–H groups in total. The van der Waals surface area contributed by atoms with E-state index in [9.17, 15) is 9.18 Å². The Morgan fingerprint density at radius 2 is 2.07 bits per heavy atom. The highest BCUT2D eigenvalue weighted by Crippen LogP contribution is 2.25. The Hall–Kier alpha value is -3.06. The smallest absolute Gasteiger partial charge is 0.227 e. The molecular formula is C23H25FN4O2. The lowest BCUT2D eigenvalue weighted by Crippen LogP contribution is -2.39. The largest absolute Gasteiger partial charge is 0.481 e. The second-order valence-electron chi connectivity index (χ2n) is 7.56. The molecule has 0 atom stereocenters. The predicted octanol–water partition coefficient (Wildman–Crippen LogP) is 3.67. The van der Waals surface area contributed by atoms with E-state index in [4.69, 9.17) is 4.74 Å². The van der Waals surface area contributed by atoms with Crippen molar-refractivity contribution in [1.29, 1.82) is 0 Å². The van der Waals surface area contributed by atoms with Crippen molar-refractivity contribution in [2.24, 2.45) is 5.92 Å². The third kappa shape index (κ3) is 4.74. The molecule has 3 heterocycles. The van der Waals surface area contributed by atoms with Crippen LogP contribution in [-0.2, 0) is 11.2 Å². The van der Waals surface area contributed by atoms with Gasteiger partial charge in [-0.25, -0.2) is 9.37 Å². The Kier molecular flexibility index (Phi) is 6.18. The number of carbonyl (C=O) groups is 1. The molecule has 2 aromatic heterocycles. The number of anilines is 1. The van der Waals surface area contributed by atoms with Gasteiger partial charge in [-0.1, -0.05) is 12.1 Å². The van der Waals surface area contributed by atoms with Gasteiger partial charge in [0.25, 0.3) is 0 Å². The first kappa shape index (κ1) is 20.2. The van der Waals surface area contributed by atoms with Gasteiger partial charge < -0.3 is 15.0 Å². The predicted molar refractivity (Wildman–Crippen MR) is 114 cm³/mol. The Bertz CT molecular complexity index is 1030. The van der Waals surface area contributed by atoms with Crippen LogP contribution in [0.4, 0.5) is 10.1 Å². The summed E-state index contributed by atoms with van der Waals surface area (Å²) in [5.41, 5.74) is 2.98. The minimum atomic E-state index is -0.196. The van der Waals surface area contributed by atoms with Crippen LogP contribution in [0.5, 0.6) is 5.88 Å². The van der Waals surface area contributed by atoms with Crippen LogP contribution in [0.2, 0.25) is 0 Å². The average Bonchev–Trinajstić information content (AvgIpc) is 2.78. The van der Waals surface area contributed by atoms with Crippen molar-refractivity contribution < 1.29 is 13.9 Å². The Morgan fingerprint density at radius 3 is 2.83 bits per heavy atom. The van der Waals surface area contributed by atoms with Crippen LogP contribution in [-0.4, -0.2) is 47.5 Å². The molecule has 3 aromatic rings. The number of rotatable bonds is 6. The van der Waals surface area contributed by atoms with E-state index in [-0.39, 0.29) is 17.6 Å². The van der Waals surface area contributed by atoms with Crippen molar-refractivity contribution in [3.05, 3.63) is 60.0 Å². The third-order valence-corrected chi connectivity index (χ3v) is 5.59. The number of carbonyl (C=O) groups excluding carboxylic acids is 1. The van der Waals surface area contributed by atoms with Crippen molar-refractivity contribution in [2.75, 3.05) is 32.1 Å². The number of piperidine rings is 1. The standard InChI is InChI=1S/C23H25FN4O2/c1-30-21-6-5-19-22(27-21)20(7-11-25-19)26-23(29)17-9-13-28(14-10-17)12-8-16-3-2-4-18(24)15-16/h2-7,11,15,17H,8-10,12-14H2,1H3,(H,25,26,29). The summed E-state index contributed by atoms with van der Waals surface area (Å²) in [5.74, 6) is 0.261. The number of methoxy groups -OCH3 is 1. The quantitative estimate of drug-likeness (QED) is 0.674. The van der Waals surface area contributed by atoms with Gasteiger partial charge in [-0.05, 0) is 62.2 Å². The van der Waals surface area contributed by atoms with E-state index < -0.39 is 0 Å². The highest BCUT2D eigenvalue weighted by Gasteiger charge is 2.25. The van der Waals surface area contributed by atoms with E-state index in [0.29, 0.717) is 22.6 Å². The topological polar surface area (TPSA) is 67.3 Å². The number of ether oxygens (including phenoxy) is 1. The summed E-state index contributed by atoms with van der Waals surface area (Å²) in [7, 11) is 1.56. The van der Waals surface area contributed by atoms with Gasteiger partial charge in [-0.15, -0.1) is 0 Å². The first-order valence-corrected chi connectivity index (χ1v) is 10.2. The number of benzene rings is 1. The van der Waals surface area contributed by atoms with Crippen molar-refractivity contribution in [1.82, 2.24) is 14.9 Å². The summed E-state index contributed by atoms with van der Waals surface area (Å²) in [5, 5.41) is 3.03. The Balaban J connectivity index is 1.33. The first-order valence-electron chi connectivity index (χ1n) is 10.2. The fraction of sp³-hybridized carbons (Fsp3) is 0.348. The van der Waals surface area contributed by atoms with Gasteiger partial charge in [0.1, 0.15) is 11.3 Å². The molecule has 1 aliphatic rings. The maximum absolute atomic E-state index is 13.3. The summed E-state index contributed by atoms with van der Waals surface area (Å²) >= 11 is 0. The van der Waals surface area contributed by atoms with Gasteiger partial charge >= 0.3 is 0 Å². The van der Waals surface area contributed by atoms with Crippen LogP contribution in [0.15, 0.2) is 48.7 Å². The number of hydrogen-bond acceptors (Lipinski definition) is 5. The zero-order valence-electron chi connectivity index (χ0n) is 17.0.